The summed E-state index contributed by atoms with van der Waals surface area (Å²) in [6.07, 6.45) is 11.7. The molecule has 0 bridgehead atoms. The van der Waals surface area contributed by atoms with Crippen LogP contribution in [0.25, 0.3) is 5.52 Å². The molecule has 0 spiro atoms. The Balaban J connectivity index is 1.38. The lowest BCUT2D eigenvalue weighted by Crippen LogP contribution is -2.49. The number of amides is 1. The molecule has 7 nitrogen and oxygen atoms in total. The van der Waals surface area contributed by atoms with Crippen LogP contribution in [0.5, 0.6) is 0 Å². The number of piperazine rings is 1. The Morgan fingerprint density at radius 3 is 2.56 bits per heavy atom. The van der Waals surface area contributed by atoms with Crippen LogP contribution in [0.1, 0.15) is 34.5 Å². The number of anilines is 1. The first-order chi connectivity index (χ1) is 13.3. The van der Waals surface area contributed by atoms with E-state index in [-0.39, 0.29) is 5.91 Å². The van der Waals surface area contributed by atoms with E-state index < -0.39 is 0 Å². The fourth-order valence-corrected chi connectivity index (χ4v) is 4.18. The first-order valence-corrected chi connectivity index (χ1v) is 9.60. The Labute approximate surface area is 157 Å². The van der Waals surface area contributed by atoms with Crippen molar-refractivity contribution in [1.29, 1.82) is 0 Å². The summed E-state index contributed by atoms with van der Waals surface area (Å²) in [7, 11) is 0. The van der Waals surface area contributed by atoms with E-state index in [9.17, 15) is 4.79 Å². The maximum atomic E-state index is 12.7. The van der Waals surface area contributed by atoms with Crippen molar-refractivity contribution in [3.8, 4) is 0 Å². The monoisotopic (exact) mass is 362 g/mol. The number of fused-ring (bicyclic) bond motifs is 3. The molecule has 7 heteroatoms. The third-order valence-electron chi connectivity index (χ3n) is 5.59. The smallest absolute Gasteiger partial charge is 0.254 e. The zero-order valence-corrected chi connectivity index (χ0v) is 15.2. The molecule has 1 aliphatic heterocycles. The van der Waals surface area contributed by atoms with Crippen molar-refractivity contribution in [3.63, 3.8) is 0 Å². The van der Waals surface area contributed by atoms with Crippen molar-refractivity contribution < 1.29 is 4.79 Å². The standard InChI is InChI=1S/C20H22N6O/c27-20(15-5-7-21-8-6-15)25-13-11-24(12-14-25)19-18-16-3-1-2-4-17(16)23-26(18)10-9-22-19/h5-10H,1-4,11-14H2. The van der Waals surface area contributed by atoms with Crippen LogP contribution in [0.2, 0.25) is 0 Å². The summed E-state index contributed by atoms with van der Waals surface area (Å²) < 4.78 is 1.99. The predicted molar refractivity (Wildman–Crippen MR) is 102 cm³/mol. The van der Waals surface area contributed by atoms with E-state index >= 15 is 0 Å². The summed E-state index contributed by atoms with van der Waals surface area (Å²) in [5.74, 6) is 1.08. The van der Waals surface area contributed by atoms with E-state index in [1.54, 1.807) is 24.5 Å². The molecule has 5 rings (SSSR count). The maximum absolute atomic E-state index is 12.7. The van der Waals surface area contributed by atoms with Gasteiger partial charge in [0.05, 0.1) is 5.69 Å². The quantitative estimate of drug-likeness (QED) is 0.697. The van der Waals surface area contributed by atoms with Crippen LogP contribution in [-0.2, 0) is 12.8 Å². The molecule has 3 aromatic heterocycles. The van der Waals surface area contributed by atoms with Gasteiger partial charge in [-0.1, -0.05) is 0 Å². The summed E-state index contributed by atoms with van der Waals surface area (Å²) in [5.41, 5.74) is 4.44. The topological polar surface area (TPSA) is 66.6 Å². The van der Waals surface area contributed by atoms with Gasteiger partial charge in [0.2, 0.25) is 0 Å². The molecule has 0 N–H and O–H groups in total. The zero-order valence-electron chi connectivity index (χ0n) is 15.2. The number of carbonyl (C=O) groups excluding carboxylic acids is 1. The molecule has 1 amide bonds. The Morgan fingerprint density at radius 2 is 1.74 bits per heavy atom. The average Bonchev–Trinajstić information content (AvgIpc) is 3.13. The molecule has 138 valence electrons. The van der Waals surface area contributed by atoms with E-state index in [1.807, 2.05) is 21.8 Å². The van der Waals surface area contributed by atoms with E-state index in [0.717, 1.165) is 37.3 Å². The number of pyridine rings is 1. The number of hydrogen-bond acceptors (Lipinski definition) is 5. The van der Waals surface area contributed by atoms with Crippen molar-refractivity contribution >= 4 is 17.2 Å². The lowest BCUT2D eigenvalue weighted by atomic mass is 9.97. The van der Waals surface area contributed by atoms with Gasteiger partial charge in [0, 0.05) is 62.1 Å². The van der Waals surface area contributed by atoms with Crippen LogP contribution in [0.4, 0.5) is 5.82 Å². The third kappa shape index (κ3) is 2.83. The lowest BCUT2D eigenvalue weighted by Gasteiger charge is -2.35. The van der Waals surface area contributed by atoms with E-state index in [0.29, 0.717) is 18.7 Å². The van der Waals surface area contributed by atoms with Crippen LogP contribution in [0, 0.1) is 0 Å². The summed E-state index contributed by atoms with van der Waals surface area (Å²) >= 11 is 0. The van der Waals surface area contributed by atoms with Gasteiger partial charge in [0.15, 0.2) is 5.82 Å². The van der Waals surface area contributed by atoms with Crippen LogP contribution in [0.15, 0.2) is 36.9 Å². The van der Waals surface area contributed by atoms with Crippen molar-refractivity contribution in [3.05, 3.63) is 53.7 Å². The molecule has 0 aromatic carbocycles. The normalized spacial score (nSPS) is 17.2. The molecule has 1 fully saturated rings. The number of nitrogens with zero attached hydrogens (tertiary/aromatic N) is 6. The molecule has 2 aliphatic rings. The van der Waals surface area contributed by atoms with Gasteiger partial charge in [0.1, 0.15) is 5.52 Å². The number of aryl methyl sites for hydroxylation is 2. The van der Waals surface area contributed by atoms with Crippen molar-refractivity contribution in [2.24, 2.45) is 0 Å². The fraction of sp³-hybridized carbons (Fsp3) is 0.400. The highest BCUT2D eigenvalue weighted by atomic mass is 16.2. The first-order valence-electron chi connectivity index (χ1n) is 9.60. The number of aromatic nitrogens is 4. The third-order valence-corrected chi connectivity index (χ3v) is 5.59. The highest BCUT2D eigenvalue weighted by molar-refractivity contribution is 5.94. The summed E-state index contributed by atoms with van der Waals surface area (Å²) in [6, 6.07) is 3.55. The Morgan fingerprint density at radius 1 is 0.963 bits per heavy atom. The van der Waals surface area contributed by atoms with Crippen LogP contribution < -0.4 is 4.90 Å². The number of hydrogen-bond donors (Lipinski definition) is 0. The second-order valence-electron chi connectivity index (χ2n) is 7.19. The minimum Gasteiger partial charge on any atom is -0.351 e. The molecular weight excluding hydrogens is 340 g/mol. The Kier molecular flexibility index (Phi) is 3.99. The van der Waals surface area contributed by atoms with Gasteiger partial charge in [-0.3, -0.25) is 9.78 Å². The predicted octanol–water partition coefficient (Wildman–Crippen LogP) is 1.97. The molecule has 0 atom stereocenters. The second-order valence-corrected chi connectivity index (χ2v) is 7.19. The molecule has 4 heterocycles. The lowest BCUT2D eigenvalue weighted by molar-refractivity contribution is 0.0746. The second kappa shape index (κ2) is 6.64. The van der Waals surface area contributed by atoms with Gasteiger partial charge >= 0.3 is 0 Å². The molecular formula is C20H22N6O. The largest absolute Gasteiger partial charge is 0.351 e. The minimum atomic E-state index is 0.0740. The molecule has 1 aliphatic carbocycles. The van der Waals surface area contributed by atoms with Gasteiger partial charge in [-0.2, -0.15) is 5.10 Å². The summed E-state index contributed by atoms with van der Waals surface area (Å²) in [6.45, 7) is 2.95. The molecule has 3 aromatic rings. The number of rotatable bonds is 2. The molecule has 0 saturated carbocycles. The van der Waals surface area contributed by atoms with Gasteiger partial charge in [-0.15, -0.1) is 0 Å². The first kappa shape index (κ1) is 16.2. The van der Waals surface area contributed by atoms with Gasteiger partial charge in [0.25, 0.3) is 5.91 Å². The molecule has 1 saturated heterocycles. The van der Waals surface area contributed by atoms with Crippen LogP contribution in [0.3, 0.4) is 0 Å². The van der Waals surface area contributed by atoms with Gasteiger partial charge in [-0.25, -0.2) is 9.50 Å². The number of carbonyl (C=O) groups is 1. The van der Waals surface area contributed by atoms with Crippen molar-refractivity contribution in [2.45, 2.75) is 25.7 Å². The average molecular weight is 362 g/mol. The van der Waals surface area contributed by atoms with Crippen molar-refractivity contribution in [2.75, 3.05) is 31.1 Å². The minimum absolute atomic E-state index is 0.0740. The molecule has 27 heavy (non-hydrogen) atoms. The van der Waals surface area contributed by atoms with E-state index in [1.165, 1.54) is 24.1 Å². The van der Waals surface area contributed by atoms with Gasteiger partial charge < -0.3 is 9.80 Å². The summed E-state index contributed by atoms with van der Waals surface area (Å²) in [5, 5.41) is 4.77. The van der Waals surface area contributed by atoms with Crippen LogP contribution >= 0.6 is 0 Å². The zero-order chi connectivity index (χ0) is 18.2. The highest BCUT2D eigenvalue weighted by Crippen LogP contribution is 2.30. The Hall–Kier alpha value is -2.96. The summed E-state index contributed by atoms with van der Waals surface area (Å²) in [4.78, 5) is 25.5. The van der Waals surface area contributed by atoms with Crippen LogP contribution in [-0.4, -0.2) is 56.6 Å². The van der Waals surface area contributed by atoms with Crippen molar-refractivity contribution in [1.82, 2.24) is 24.5 Å². The van der Waals surface area contributed by atoms with E-state index in [4.69, 9.17) is 10.1 Å². The van der Waals surface area contributed by atoms with Gasteiger partial charge in [-0.05, 0) is 37.8 Å². The fourth-order valence-electron chi connectivity index (χ4n) is 4.18. The molecule has 0 unspecified atom stereocenters. The SMILES string of the molecule is O=C(c1ccncc1)N1CCN(c2nccn3nc4c(c23)CCCC4)CC1. The molecule has 0 radical (unpaired) electrons. The Bertz CT molecular complexity index is 975. The highest BCUT2D eigenvalue weighted by Gasteiger charge is 2.26. The maximum Gasteiger partial charge on any atom is 0.254 e. The van der Waals surface area contributed by atoms with E-state index in [2.05, 4.69) is 9.88 Å².